The van der Waals surface area contributed by atoms with Crippen molar-refractivity contribution < 1.29 is 14.7 Å². The number of hydrogen-bond donors (Lipinski definition) is 1. The van der Waals surface area contributed by atoms with Gasteiger partial charge in [-0.1, -0.05) is 67.6 Å². The van der Waals surface area contributed by atoms with E-state index in [4.69, 9.17) is 4.84 Å². The monoisotopic (exact) mass is 342 g/mol. The molecule has 1 aliphatic heterocycles. The van der Waals surface area contributed by atoms with Crippen molar-refractivity contribution in [2.75, 3.05) is 13.2 Å². The maximum atomic E-state index is 11.2. The van der Waals surface area contributed by atoms with Gasteiger partial charge in [-0.25, -0.2) is 4.79 Å². The molecule has 5 nitrogen and oxygen atoms in total. The van der Waals surface area contributed by atoms with E-state index >= 15 is 0 Å². The number of carbonyl (C=O) groups is 1. The molecular weight excluding hydrogens is 316 g/mol. The highest BCUT2D eigenvalue weighted by Crippen LogP contribution is 2.16. The third-order valence-electron chi connectivity index (χ3n) is 3.93. The fraction of sp³-hybridized carbons (Fsp3) is 0.400. The van der Waals surface area contributed by atoms with Crippen molar-refractivity contribution in [3.8, 4) is 0 Å². The zero-order valence-electron chi connectivity index (χ0n) is 14.8. The molecule has 1 unspecified atom stereocenters. The molecule has 1 atom stereocenters. The number of benzene rings is 1. The van der Waals surface area contributed by atoms with Crippen LogP contribution in [0.15, 0.2) is 53.7 Å². The highest BCUT2D eigenvalue weighted by Gasteiger charge is 2.22. The summed E-state index contributed by atoms with van der Waals surface area (Å²) in [7, 11) is 0. The van der Waals surface area contributed by atoms with Gasteiger partial charge in [-0.2, -0.15) is 0 Å². The lowest BCUT2D eigenvalue weighted by Crippen LogP contribution is -2.41. The molecule has 0 aromatic heterocycles. The molecule has 25 heavy (non-hydrogen) atoms. The van der Waals surface area contributed by atoms with E-state index in [0.717, 1.165) is 17.6 Å². The number of allylic oxidation sites excluding steroid dienone is 2. The fourth-order valence-corrected chi connectivity index (χ4v) is 2.75. The lowest BCUT2D eigenvalue weighted by atomic mass is 10.0. The van der Waals surface area contributed by atoms with Crippen LogP contribution in [0.2, 0.25) is 0 Å². The summed E-state index contributed by atoms with van der Waals surface area (Å²) in [5.41, 5.74) is 2.11. The Hall–Kier alpha value is -2.56. The summed E-state index contributed by atoms with van der Waals surface area (Å²) < 4.78 is 0. The number of carboxylic acid groups (broad SMARTS) is 1. The maximum Gasteiger partial charge on any atom is 0.407 e. The number of nitrogens with zero attached hydrogens (tertiary/aromatic N) is 2. The van der Waals surface area contributed by atoms with Gasteiger partial charge in [-0.15, -0.1) is 0 Å². The van der Waals surface area contributed by atoms with Crippen LogP contribution in [-0.4, -0.2) is 41.5 Å². The largest absolute Gasteiger partial charge is 0.465 e. The molecule has 0 bridgehead atoms. The number of oxime groups is 1. The van der Waals surface area contributed by atoms with Crippen LogP contribution in [0, 0.1) is 5.92 Å². The minimum atomic E-state index is -0.885. The minimum absolute atomic E-state index is 0.138. The van der Waals surface area contributed by atoms with Crippen LogP contribution < -0.4 is 0 Å². The van der Waals surface area contributed by atoms with Crippen molar-refractivity contribution in [2.45, 2.75) is 32.7 Å². The second-order valence-electron chi connectivity index (χ2n) is 6.35. The molecule has 0 saturated heterocycles. The summed E-state index contributed by atoms with van der Waals surface area (Å²) in [4.78, 5) is 18.0. The molecule has 134 valence electrons. The smallest absolute Gasteiger partial charge is 0.407 e. The highest BCUT2D eigenvalue weighted by atomic mass is 16.6. The minimum Gasteiger partial charge on any atom is -0.465 e. The summed E-state index contributed by atoms with van der Waals surface area (Å²) in [5.74, 6) is 0.401. The normalized spacial score (nSPS) is 18.1. The zero-order valence-corrected chi connectivity index (χ0v) is 14.8. The Balaban J connectivity index is 1.89. The van der Waals surface area contributed by atoms with Crippen molar-refractivity contribution >= 4 is 17.9 Å². The van der Waals surface area contributed by atoms with Gasteiger partial charge in [-0.3, -0.25) is 0 Å². The molecule has 0 aliphatic carbocycles. The van der Waals surface area contributed by atoms with Crippen molar-refractivity contribution in [3.63, 3.8) is 0 Å². The molecule has 5 heteroatoms. The van der Waals surface area contributed by atoms with Crippen LogP contribution in [0.4, 0.5) is 4.79 Å². The molecule has 1 aliphatic rings. The van der Waals surface area contributed by atoms with Gasteiger partial charge in [0.15, 0.2) is 0 Å². The van der Waals surface area contributed by atoms with Crippen LogP contribution in [0.25, 0.3) is 5.57 Å². The average Bonchev–Trinajstić information content (AvgIpc) is 2.61. The molecule has 1 N–H and O–H groups in total. The number of hydrogen-bond acceptors (Lipinski definition) is 3. The van der Waals surface area contributed by atoms with Crippen molar-refractivity contribution in [3.05, 3.63) is 54.1 Å². The molecule has 1 amide bonds. The summed E-state index contributed by atoms with van der Waals surface area (Å²) >= 11 is 0. The van der Waals surface area contributed by atoms with E-state index in [-0.39, 0.29) is 6.04 Å². The Bertz CT molecular complexity index is 636. The van der Waals surface area contributed by atoms with Crippen molar-refractivity contribution in [1.29, 1.82) is 0 Å². The second-order valence-corrected chi connectivity index (χ2v) is 6.35. The van der Waals surface area contributed by atoms with Gasteiger partial charge in [0, 0.05) is 13.0 Å². The Morgan fingerprint density at radius 3 is 2.84 bits per heavy atom. The molecule has 1 aromatic carbocycles. The van der Waals surface area contributed by atoms with Crippen LogP contribution in [0.1, 0.15) is 32.3 Å². The first kappa shape index (κ1) is 18.8. The van der Waals surface area contributed by atoms with Crippen molar-refractivity contribution in [1.82, 2.24) is 4.90 Å². The second kappa shape index (κ2) is 9.67. The van der Waals surface area contributed by atoms with Gasteiger partial charge >= 0.3 is 6.09 Å². The van der Waals surface area contributed by atoms with Gasteiger partial charge in [0.2, 0.25) is 0 Å². The first-order valence-corrected chi connectivity index (χ1v) is 8.66. The number of amides is 1. The van der Waals surface area contributed by atoms with Crippen LogP contribution in [0.3, 0.4) is 0 Å². The highest BCUT2D eigenvalue weighted by molar-refractivity contribution is 6.09. The lowest BCUT2D eigenvalue weighted by molar-refractivity contribution is 0.102. The standard InChI is InChI=1S/C20H26N2O3/c1-16(2)14-18(17-8-4-3-5-9-17)15-21-25-13-11-19-10-6-7-12-22(19)20(23)24/h3-6,8-10,14-16,19H,7,11-13H2,1-2H3,(H,23,24). The molecule has 0 saturated carbocycles. The quantitative estimate of drug-likeness (QED) is 0.345. The zero-order chi connectivity index (χ0) is 18.1. The Kier molecular flexibility index (Phi) is 7.26. The average molecular weight is 342 g/mol. The molecule has 1 aromatic rings. The Labute approximate surface area is 149 Å². The third kappa shape index (κ3) is 6.10. The van der Waals surface area contributed by atoms with E-state index in [1.165, 1.54) is 4.90 Å². The van der Waals surface area contributed by atoms with E-state index in [9.17, 15) is 9.90 Å². The molecular formula is C20H26N2O3. The van der Waals surface area contributed by atoms with Gasteiger partial charge < -0.3 is 14.8 Å². The maximum absolute atomic E-state index is 11.2. The van der Waals surface area contributed by atoms with Crippen LogP contribution in [-0.2, 0) is 4.84 Å². The fourth-order valence-electron chi connectivity index (χ4n) is 2.75. The van der Waals surface area contributed by atoms with Gasteiger partial charge in [-0.05, 0) is 23.5 Å². The van der Waals surface area contributed by atoms with Crippen LogP contribution in [0.5, 0.6) is 0 Å². The summed E-state index contributed by atoms with van der Waals surface area (Å²) in [5, 5.41) is 13.3. The first-order valence-electron chi connectivity index (χ1n) is 8.66. The van der Waals surface area contributed by atoms with E-state index in [0.29, 0.717) is 25.5 Å². The number of rotatable bonds is 7. The van der Waals surface area contributed by atoms with Gasteiger partial charge in [0.25, 0.3) is 0 Å². The Morgan fingerprint density at radius 1 is 1.40 bits per heavy atom. The van der Waals surface area contributed by atoms with E-state index in [1.807, 2.05) is 42.5 Å². The van der Waals surface area contributed by atoms with E-state index in [1.54, 1.807) is 6.21 Å². The molecule has 0 fully saturated rings. The van der Waals surface area contributed by atoms with Crippen LogP contribution >= 0.6 is 0 Å². The topological polar surface area (TPSA) is 62.1 Å². The summed E-state index contributed by atoms with van der Waals surface area (Å²) in [6.07, 6.45) is 8.28. The predicted molar refractivity (Wildman–Crippen MR) is 101 cm³/mol. The van der Waals surface area contributed by atoms with Gasteiger partial charge in [0.05, 0.1) is 12.3 Å². The SMILES string of the molecule is CC(C)C=C(C=NOCCC1C=CCCN1C(=O)O)c1ccccc1. The summed E-state index contributed by atoms with van der Waals surface area (Å²) in [6.45, 7) is 5.15. The molecule has 0 radical (unpaired) electrons. The molecule has 0 spiro atoms. The van der Waals surface area contributed by atoms with E-state index in [2.05, 4.69) is 25.1 Å². The summed E-state index contributed by atoms with van der Waals surface area (Å²) in [6, 6.07) is 9.91. The first-order chi connectivity index (χ1) is 12.1. The van der Waals surface area contributed by atoms with Gasteiger partial charge in [0.1, 0.15) is 6.61 Å². The Morgan fingerprint density at radius 2 is 2.16 bits per heavy atom. The van der Waals surface area contributed by atoms with E-state index < -0.39 is 6.09 Å². The van der Waals surface area contributed by atoms with Crippen molar-refractivity contribution in [2.24, 2.45) is 11.1 Å². The molecule has 1 heterocycles. The lowest BCUT2D eigenvalue weighted by Gasteiger charge is -2.29. The molecule has 2 rings (SSSR count). The predicted octanol–water partition coefficient (Wildman–Crippen LogP) is 4.43. The third-order valence-corrected chi connectivity index (χ3v) is 3.93.